The highest BCUT2D eigenvalue weighted by molar-refractivity contribution is 6.05. The Balaban J connectivity index is 2.04. The van der Waals surface area contributed by atoms with E-state index in [9.17, 15) is 9.59 Å². The molecule has 6 heteroatoms. The number of nitrogens with one attached hydrogen (secondary N) is 3. The first-order valence-electron chi connectivity index (χ1n) is 8.05. The fourth-order valence-corrected chi connectivity index (χ4v) is 2.52. The molecule has 0 unspecified atom stereocenters. The molecule has 0 fully saturated rings. The number of ether oxygens (including phenoxy) is 1. The van der Waals surface area contributed by atoms with Crippen LogP contribution in [-0.2, 0) is 9.53 Å². The first-order chi connectivity index (χ1) is 11.1. The summed E-state index contributed by atoms with van der Waals surface area (Å²) in [7, 11) is 1.63. The molecule has 0 saturated carbocycles. The van der Waals surface area contributed by atoms with Crippen LogP contribution in [0.25, 0.3) is 0 Å². The van der Waals surface area contributed by atoms with Crippen LogP contribution in [0.5, 0.6) is 0 Å². The molecule has 0 spiro atoms. The molecule has 0 bridgehead atoms. The molecule has 2 atom stereocenters. The van der Waals surface area contributed by atoms with Crippen molar-refractivity contribution in [2.45, 2.75) is 32.7 Å². The number of amides is 2. The summed E-state index contributed by atoms with van der Waals surface area (Å²) < 4.78 is 4.95. The largest absolute Gasteiger partial charge is 0.385 e. The summed E-state index contributed by atoms with van der Waals surface area (Å²) in [6, 6.07) is 5.08. The molecule has 0 saturated heterocycles. The molecule has 0 aromatic heterocycles. The van der Waals surface area contributed by atoms with Crippen molar-refractivity contribution in [3.63, 3.8) is 0 Å². The summed E-state index contributed by atoms with van der Waals surface area (Å²) in [6.07, 6.45) is 1.68. The van der Waals surface area contributed by atoms with Crippen LogP contribution in [-0.4, -0.2) is 38.1 Å². The third-order valence-electron chi connectivity index (χ3n) is 4.16. The molecule has 0 aliphatic carbocycles. The van der Waals surface area contributed by atoms with Crippen LogP contribution in [0.4, 0.5) is 11.4 Å². The number of hydrogen-bond acceptors (Lipinski definition) is 4. The second-order valence-electron chi connectivity index (χ2n) is 5.86. The van der Waals surface area contributed by atoms with Crippen LogP contribution in [0.3, 0.4) is 0 Å². The fraction of sp³-hybridized carbons (Fsp3) is 0.529. The van der Waals surface area contributed by atoms with Crippen molar-refractivity contribution in [2.75, 3.05) is 30.9 Å². The number of hydrogen-bond donors (Lipinski definition) is 3. The van der Waals surface area contributed by atoms with E-state index in [1.54, 1.807) is 19.2 Å². The number of benzene rings is 1. The minimum absolute atomic E-state index is 0.0514. The van der Waals surface area contributed by atoms with Gasteiger partial charge in [-0.05, 0) is 30.5 Å². The Bertz CT molecular complexity index is 574. The second-order valence-corrected chi connectivity index (χ2v) is 5.86. The average molecular weight is 319 g/mol. The molecule has 1 aliphatic heterocycles. The zero-order valence-corrected chi connectivity index (χ0v) is 13.9. The number of fused-ring (bicyclic) bond motifs is 1. The van der Waals surface area contributed by atoms with E-state index in [0.717, 1.165) is 18.5 Å². The van der Waals surface area contributed by atoms with E-state index in [0.29, 0.717) is 24.4 Å². The van der Waals surface area contributed by atoms with E-state index >= 15 is 0 Å². The van der Waals surface area contributed by atoms with E-state index in [1.165, 1.54) is 0 Å². The zero-order valence-electron chi connectivity index (χ0n) is 13.9. The summed E-state index contributed by atoms with van der Waals surface area (Å²) in [5, 5.41) is 8.99. The normalized spacial score (nSPS) is 17.7. The molecule has 2 amide bonds. The first-order valence-corrected chi connectivity index (χ1v) is 8.05. The molecule has 1 aromatic rings. The molecule has 1 aromatic carbocycles. The average Bonchev–Trinajstić information content (AvgIpc) is 2.56. The lowest BCUT2D eigenvalue weighted by Gasteiger charge is -2.30. The second kappa shape index (κ2) is 7.97. The van der Waals surface area contributed by atoms with Crippen LogP contribution < -0.4 is 16.0 Å². The lowest BCUT2D eigenvalue weighted by atomic mass is 9.95. The van der Waals surface area contributed by atoms with E-state index < -0.39 is 0 Å². The topological polar surface area (TPSA) is 79.5 Å². The molecule has 6 nitrogen and oxygen atoms in total. The minimum atomic E-state index is -0.235. The summed E-state index contributed by atoms with van der Waals surface area (Å²) in [4.78, 5) is 24.3. The molecule has 1 aliphatic rings. The van der Waals surface area contributed by atoms with Crippen molar-refractivity contribution >= 4 is 23.2 Å². The van der Waals surface area contributed by atoms with Gasteiger partial charge in [0.2, 0.25) is 5.91 Å². The lowest BCUT2D eigenvalue weighted by molar-refractivity contribution is -0.118. The van der Waals surface area contributed by atoms with Gasteiger partial charge in [-0.2, -0.15) is 0 Å². The monoisotopic (exact) mass is 319 g/mol. The van der Waals surface area contributed by atoms with Gasteiger partial charge < -0.3 is 20.7 Å². The predicted octanol–water partition coefficient (Wildman–Crippen LogP) is 2.23. The molecule has 126 valence electrons. The Hall–Kier alpha value is -2.08. The third kappa shape index (κ3) is 4.22. The SMILES string of the molecule is CC[C@@H](C)[C@@H]1Nc2ccc(C(=O)NCCCOC)cc2NC1=O. The van der Waals surface area contributed by atoms with Crippen molar-refractivity contribution < 1.29 is 14.3 Å². The molecule has 23 heavy (non-hydrogen) atoms. The van der Waals surface area contributed by atoms with Crippen molar-refractivity contribution in [3.8, 4) is 0 Å². The van der Waals surface area contributed by atoms with Gasteiger partial charge in [0.15, 0.2) is 0 Å². The van der Waals surface area contributed by atoms with Crippen LogP contribution >= 0.6 is 0 Å². The van der Waals surface area contributed by atoms with E-state index in [2.05, 4.69) is 22.9 Å². The van der Waals surface area contributed by atoms with E-state index in [4.69, 9.17) is 4.74 Å². The van der Waals surface area contributed by atoms with Crippen molar-refractivity contribution in [1.29, 1.82) is 0 Å². The quantitative estimate of drug-likeness (QED) is 0.673. The summed E-state index contributed by atoms with van der Waals surface area (Å²) >= 11 is 0. The maximum Gasteiger partial charge on any atom is 0.251 e. The number of carbonyl (C=O) groups excluding carboxylic acids is 2. The van der Waals surface area contributed by atoms with Gasteiger partial charge in [0.25, 0.3) is 5.91 Å². The Labute approximate surface area is 137 Å². The minimum Gasteiger partial charge on any atom is -0.385 e. The van der Waals surface area contributed by atoms with Gasteiger partial charge in [-0.25, -0.2) is 0 Å². The summed E-state index contributed by atoms with van der Waals surface area (Å²) in [5.41, 5.74) is 2.04. The van der Waals surface area contributed by atoms with Gasteiger partial charge in [0.1, 0.15) is 6.04 Å². The van der Waals surface area contributed by atoms with E-state index in [-0.39, 0.29) is 23.8 Å². The maximum absolute atomic E-state index is 12.2. The smallest absolute Gasteiger partial charge is 0.251 e. The Kier molecular flexibility index (Phi) is 5.98. The van der Waals surface area contributed by atoms with Crippen molar-refractivity contribution in [2.24, 2.45) is 5.92 Å². The first kappa shape index (κ1) is 17.3. The van der Waals surface area contributed by atoms with Crippen LogP contribution in [0, 0.1) is 5.92 Å². The van der Waals surface area contributed by atoms with Gasteiger partial charge in [-0.3, -0.25) is 9.59 Å². The van der Waals surface area contributed by atoms with E-state index in [1.807, 2.05) is 13.0 Å². The van der Waals surface area contributed by atoms with Gasteiger partial charge in [-0.1, -0.05) is 20.3 Å². The number of methoxy groups -OCH3 is 1. The Morgan fingerprint density at radius 1 is 1.39 bits per heavy atom. The highest BCUT2D eigenvalue weighted by Gasteiger charge is 2.29. The van der Waals surface area contributed by atoms with Crippen LogP contribution in [0.2, 0.25) is 0 Å². The Morgan fingerprint density at radius 3 is 2.87 bits per heavy atom. The fourth-order valence-electron chi connectivity index (χ4n) is 2.52. The number of rotatable bonds is 7. The molecule has 2 rings (SSSR count). The molecule has 3 N–H and O–H groups in total. The maximum atomic E-state index is 12.2. The predicted molar refractivity (Wildman–Crippen MR) is 90.8 cm³/mol. The van der Waals surface area contributed by atoms with Crippen molar-refractivity contribution in [3.05, 3.63) is 23.8 Å². The van der Waals surface area contributed by atoms with Crippen LogP contribution in [0.1, 0.15) is 37.0 Å². The summed E-state index contributed by atoms with van der Waals surface area (Å²) in [6.45, 7) is 5.28. The molecule has 0 radical (unpaired) electrons. The standard InChI is InChI=1S/C17H25N3O3/c1-4-11(2)15-17(22)20-14-10-12(6-7-13(14)19-15)16(21)18-8-5-9-23-3/h6-7,10-11,15,19H,4-5,8-9H2,1-3H3,(H,18,21)(H,20,22)/t11-,15+/m1/s1. The van der Waals surface area contributed by atoms with Gasteiger partial charge >= 0.3 is 0 Å². The molecular formula is C17H25N3O3. The van der Waals surface area contributed by atoms with Crippen molar-refractivity contribution in [1.82, 2.24) is 5.32 Å². The third-order valence-corrected chi connectivity index (χ3v) is 4.16. The highest BCUT2D eigenvalue weighted by atomic mass is 16.5. The number of anilines is 2. The molecule has 1 heterocycles. The lowest BCUT2D eigenvalue weighted by Crippen LogP contribution is -2.43. The summed E-state index contributed by atoms with van der Waals surface area (Å²) in [5.74, 6) is 0.0404. The van der Waals surface area contributed by atoms with Gasteiger partial charge in [0, 0.05) is 25.8 Å². The highest BCUT2D eigenvalue weighted by Crippen LogP contribution is 2.30. The van der Waals surface area contributed by atoms with Gasteiger partial charge in [0.05, 0.1) is 11.4 Å². The van der Waals surface area contributed by atoms with Gasteiger partial charge in [-0.15, -0.1) is 0 Å². The number of carbonyl (C=O) groups is 2. The van der Waals surface area contributed by atoms with Crippen LogP contribution in [0.15, 0.2) is 18.2 Å². The molecular weight excluding hydrogens is 294 g/mol. The zero-order chi connectivity index (χ0) is 16.8. The Morgan fingerprint density at radius 2 is 2.17 bits per heavy atom.